The van der Waals surface area contributed by atoms with E-state index in [1.807, 2.05) is 0 Å². The van der Waals surface area contributed by atoms with E-state index in [2.05, 4.69) is 188 Å². The van der Waals surface area contributed by atoms with Crippen LogP contribution in [-0.2, 0) is 0 Å². The van der Waals surface area contributed by atoms with E-state index in [4.69, 9.17) is 0 Å². The molecule has 2 heterocycles. The Labute approximate surface area is 281 Å². The highest BCUT2D eigenvalue weighted by molar-refractivity contribution is 5.97. The number of halogens is 1. The van der Waals surface area contributed by atoms with Gasteiger partial charge in [0.2, 0.25) is 0 Å². The molecule has 0 saturated carbocycles. The second kappa shape index (κ2) is 16.5. The molecule has 0 spiro atoms. The first-order valence-corrected chi connectivity index (χ1v) is 16.6. The van der Waals surface area contributed by atoms with Crippen LogP contribution in [0.2, 0.25) is 0 Å². The molecule has 2 aromatic heterocycles. The Morgan fingerprint density at radius 2 is 0.978 bits per heavy atom. The van der Waals surface area contributed by atoms with Crippen molar-refractivity contribution in [3.63, 3.8) is 0 Å². The Balaban J connectivity index is 0.000000205. The molecule has 0 saturated heterocycles. The summed E-state index contributed by atoms with van der Waals surface area (Å²) in [6.07, 6.45) is 5.16. The van der Waals surface area contributed by atoms with Crippen LogP contribution in [0.4, 0.5) is 0 Å². The van der Waals surface area contributed by atoms with E-state index in [-0.39, 0.29) is 18.6 Å². The molecule has 5 nitrogen and oxygen atoms in total. The molecule has 0 bridgehead atoms. The van der Waals surface area contributed by atoms with E-state index in [9.17, 15) is 0 Å². The molecule has 2 atom stereocenters. The number of nitrogens with one attached hydrogen (secondary N) is 1. The zero-order chi connectivity index (χ0) is 31.8. The Morgan fingerprint density at radius 1 is 0.543 bits per heavy atom. The van der Waals surface area contributed by atoms with Crippen LogP contribution < -0.4 is 5.43 Å². The predicted octanol–water partition coefficient (Wildman–Crippen LogP) is 10.1. The van der Waals surface area contributed by atoms with Crippen LogP contribution in [0, 0.1) is 0 Å². The minimum atomic E-state index is 0. The lowest BCUT2D eigenvalue weighted by molar-refractivity contribution is 0.176. The lowest BCUT2D eigenvalue weighted by atomic mass is 10.1. The summed E-state index contributed by atoms with van der Waals surface area (Å²) in [6, 6.07) is 38.5. The molecule has 0 aliphatic rings. The molecule has 0 amide bonds. The smallest absolute Gasteiger partial charge is 0.0913 e. The van der Waals surface area contributed by atoms with E-state index in [0.717, 1.165) is 26.2 Å². The number of hydrogen-bond donors (Lipinski definition) is 1. The lowest BCUT2D eigenvalue weighted by Crippen LogP contribution is -2.41. The second-order valence-electron chi connectivity index (χ2n) is 11.5. The highest BCUT2D eigenvalue weighted by Gasteiger charge is 2.17. The van der Waals surface area contributed by atoms with Gasteiger partial charge in [0.25, 0.3) is 0 Å². The van der Waals surface area contributed by atoms with Gasteiger partial charge in [-0.25, -0.2) is 0 Å². The van der Waals surface area contributed by atoms with Gasteiger partial charge in [0.15, 0.2) is 0 Å². The first kappa shape index (κ1) is 34.8. The lowest BCUT2D eigenvalue weighted by Gasteiger charge is -2.28. The maximum atomic E-state index is 3.62. The summed E-state index contributed by atoms with van der Waals surface area (Å²) in [5, 5.41) is 2.60. The molecule has 4 aromatic carbocycles. The summed E-state index contributed by atoms with van der Waals surface area (Å²) >= 11 is 0. The molecule has 46 heavy (non-hydrogen) atoms. The third-order valence-corrected chi connectivity index (χ3v) is 9.05. The van der Waals surface area contributed by atoms with E-state index >= 15 is 0 Å². The van der Waals surface area contributed by atoms with Crippen molar-refractivity contribution in [1.29, 1.82) is 0 Å². The SMILES string of the molecule is CCN(CC)C(C)Nn1cc(-c2ccccc2)c2ccccc21.CCN(CC)C(C)n1cc(-c2ccccc2)c2ccccc21.Cl. The van der Waals surface area contributed by atoms with Crippen molar-refractivity contribution in [2.24, 2.45) is 0 Å². The van der Waals surface area contributed by atoms with E-state index in [1.54, 1.807) is 0 Å². The Hall–Kier alpha value is -4.03. The fourth-order valence-electron chi connectivity index (χ4n) is 6.48. The number of rotatable bonds is 11. The maximum Gasteiger partial charge on any atom is 0.0913 e. The van der Waals surface area contributed by atoms with E-state index in [0.29, 0.717) is 6.17 Å². The number of aromatic nitrogens is 2. The topological polar surface area (TPSA) is 28.4 Å². The van der Waals surface area contributed by atoms with Crippen molar-refractivity contribution >= 4 is 34.2 Å². The summed E-state index contributed by atoms with van der Waals surface area (Å²) in [5.74, 6) is 0. The molecule has 0 aliphatic heterocycles. The quantitative estimate of drug-likeness (QED) is 0.144. The van der Waals surface area contributed by atoms with Crippen molar-refractivity contribution in [1.82, 2.24) is 19.0 Å². The fraction of sp³-hybridized carbons (Fsp3) is 0.300. The number of hydrogen-bond acceptors (Lipinski definition) is 3. The van der Waals surface area contributed by atoms with Crippen molar-refractivity contribution < 1.29 is 0 Å². The first-order valence-electron chi connectivity index (χ1n) is 16.6. The van der Waals surface area contributed by atoms with Crippen LogP contribution in [0.3, 0.4) is 0 Å². The molecule has 242 valence electrons. The summed E-state index contributed by atoms with van der Waals surface area (Å²) in [6.45, 7) is 17.5. The van der Waals surface area contributed by atoms with Gasteiger partial charge in [0, 0.05) is 39.8 Å². The van der Waals surface area contributed by atoms with Crippen LogP contribution >= 0.6 is 12.4 Å². The highest BCUT2D eigenvalue weighted by Crippen LogP contribution is 2.33. The van der Waals surface area contributed by atoms with Crippen LogP contribution in [0.25, 0.3) is 44.1 Å². The zero-order valence-corrected chi connectivity index (χ0v) is 29.0. The molecule has 6 heteroatoms. The summed E-state index contributed by atoms with van der Waals surface area (Å²) in [4.78, 5) is 4.87. The van der Waals surface area contributed by atoms with Crippen LogP contribution in [0.5, 0.6) is 0 Å². The van der Waals surface area contributed by atoms with Gasteiger partial charge >= 0.3 is 0 Å². The Morgan fingerprint density at radius 3 is 1.50 bits per heavy atom. The van der Waals surface area contributed by atoms with Gasteiger partial charge in [0.05, 0.1) is 17.8 Å². The van der Waals surface area contributed by atoms with Crippen molar-refractivity contribution in [3.8, 4) is 22.3 Å². The molecule has 0 radical (unpaired) electrons. The van der Waals surface area contributed by atoms with Crippen LogP contribution in [0.1, 0.15) is 47.7 Å². The van der Waals surface area contributed by atoms with Crippen molar-refractivity contribution in [3.05, 3.63) is 122 Å². The summed E-state index contributed by atoms with van der Waals surface area (Å²) < 4.78 is 4.57. The largest absolute Gasteiger partial charge is 0.331 e. The van der Waals surface area contributed by atoms with Crippen LogP contribution in [-0.4, -0.2) is 51.4 Å². The average molecular weight is 636 g/mol. The van der Waals surface area contributed by atoms with Crippen LogP contribution in [0.15, 0.2) is 122 Å². The first-order chi connectivity index (χ1) is 22.0. The third kappa shape index (κ3) is 7.50. The van der Waals surface area contributed by atoms with Crippen molar-refractivity contribution in [2.45, 2.75) is 53.9 Å². The molecular weight excluding hydrogens is 586 g/mol. The van der Waals surface area contributed by atoms with Gasteiger partial charge < -0.3 is 9.99 Å². The molecule has 6 aromatic rings. The summed E-state index contributed by atoms with van der Waals surface area (Å²) in [7, 11) is 0. The van der Waals surface area contributed by atoms with Crippen molar-refractivity contribution in [2.75, 3.05) is 31.6 Å². The molecule has 6 rings (SSSR count). The molecule has 0 aliphatic carbocycles. The standard InChI is InChI=1S/C20H25N3.C20H24N2.ClH/c1-4-22(5-2)16(3)21-23-15-19(17-11-7-6-8-12-17)18-13-9-10-14-20(18)23;1-4-21(5-2)16(3)22-15-19(17-11-7-6-8-12-17)18-13-9-10-14-20(18)22;/h6-16,21H,4-5H2,1-3H3;6-16H,4-5H2,1-3H3;1H. The Bertz CT molecular complexity index is 1770. The highest BCUT2D eigenvalue weighted by atomic mass is 35.5. The molecule has 1 N–H and O–H groups in total. The molecule has 2 unspecified atom stereocenters. The van der Waals surface area contributed by atoms with E-state index < -0.39 is 0 Å². The normalized spacial score (nSPS) is 12.5. The zero-order valence-electron chi connectivity index (χ0n) is 28.2. The van der Waals surface area contributed by atoms with E-state index in [1.165, 1.54) is 44.1 Å². The number of fused-ring (bicyclic) bond motifs is 2. The number of para-hydroxylation sites is 2. The van der Waals surface area contributed by atoms with Gasteiger partial charge in [-0.3, -0.25) is 14.5 Å². The minimum absolute atomic E-state index is 0. The third-order valence-electron chi connectivity index (χ3n) is 9.05. The summed E-state index contributed by atoms with van der Waals surface area (Å²) in [5.41, 5.74) is 11.2. The van der Waals surface area contributed by atoms with Gasteiger partial charge in [-0.2, -0.15) is 0 Å². The monoisotopic (exact) mass is 635 g/mol. The second-order valence-corrected chi connectivity index (χ2v) is 11.5. The maximum absolute atomic E-state index is 3.62. The molecule has 0 fully saturated rings. The van der Waals surface area contributed by atoms with Gasteiger partial charge in [0.1, 0.15) is 0 Å². The number of benzene rings is 4. The van der Waals surface area contributed by atoms with Gasteiger partial charge in [-0.1, -0.05) is 125 Å². The van der Waals surface area contributed by atoms with Gasteiger partial charge in [-0.15, -0.1) is 12.4 Å². The minimum Gasteiger partial charge on any atom is -0.331 e. The predicted molar refractivity (Wildman–Crippen MR) is 201 cm³/mol. The van der Waals surface area contributed by atoms with Gasteiger partial charge in [-0.05, 0) is 63.3 Å². The molecular formula is C40H50ClN5. The average Bonchev–Trinajstić information content (AvgIpc) is 3.66. The number of nitrogens with zero attached hydrogens (tertiary/aromatic N) is 4. The Kier molecular flexibility index (Phi) is 12.5. The fourth-order valence-corrected chi connectivity index (χ4v) is 6.48.